The van der Waals surface area contributed by atoms with Crippen LogP contribution in [-0.4, -0.2) is 22.8 Å². The van der Waals surface area contributed by atoms with Gasteiger partial charge in [0.2, 0.25) is 11.7 Å². The number of nitrogens with two attached hydrogens (primary N) is 1. The van der Waals surface area contributed by atoms with Gasteiger partial charge in [0.05, 0.1) is 5.41 Å². The number of rotatable bonds is 2. The fourth-order valence-corrected chi connectivity index (χ4v) is 3.08. The van der Waals surface area contributed by atoms with Crippen LogP contribution in [0.25, 0.3) is 0 Å². The summed E-state index contributed by atoms with van der Waals surface area (Å²) in [4.78, 5) is 4.59. The lowest BCUT2D eigenvalue weighted by molar-refractivity contribution is 0.00768. The van der Waals surface area contributed by atoms with Crippen molar-refractivity contribution in [3.05, 3.63) is 11.7 Å². The Kier molecular flexibility index (Phi) is 2.71. The summed E-state index contributed by atoms with van der Waals surface area (Å²) in [5.41, 5.74) is 5.64. The summed E-state index contributed by atoms with van der Waals surface area (Å²) in [6, 6.07) is 0.114. The molecule has 5 heteroatoms. The van der Waals surface area contributed by atoms with Crippen LogP contribution in [0, 0.1) is 0 Å². The fraction of sp³-hybridized carbons (Fsp3) is 0.846. The molecule has 0 aromatic carbocycles. The Hall–Kier alpha value is -0.940. The van der Waals surface area contributed by atoms with Gasteiger partial charge in [-0.3, -0.25) is 0 Å². The van der Waals surface area contributed by atoms with E-state index in [0.29, 0.717) is 11.7 Å². The average molecular weight is 251 g/mol. The number of ether oxygens (including phenoxy) is 1. The SMILES string of the molecule is CC1(c2noc(C3(C)CCCC3N)n2)CCCO1. The molecule has 1 saturated carbocycles. The average Bonchev–Trinajstić information content (AvgIpc) is 3.01. The molecule has 0 spiro atoms. The monoisotopic (exact) mass is 251 g/mol. The van der Waals surface area contributed by atoms with Gasteiger partial charge in [-0.05, 0) is 39.5 Å². The highest BCUT2D eigenvalue weighted by atomic mass is 16.5. The van der Waals surface area contributed by atoms with Crippen molar-refractivity contribution in [1.29, 1.82) is 0 Å². The molecule has 2 fully saturated rings. The fourth-order valence-electron chi connectivity index (χ4n) is 3.08. The van der Waals surface area contributed by atoms with Crippen LogP contribution >= 0.6 is 0 Å². The zero-order valence-electron chi connectivity index (χ0n) is 11.1. The third-order valence-electron chi connectivity index (χ3n) is 4.64. The molecule has 1 aromatic rings. The molecule has 5 nitrogen and oxygen atoms in total. The Labute approximate surface area is 107 Å². The van der Waals surface area contributed by atoms with Crippen molar-refractivity contribution in [2.45, 2.75) is 63.0 Å². The molecule has 2 heterocycles. The quantitative estimate of drug-likeness (QED) is 0.868. The molecule has 3 atom stereocenters. The number of hydrogen-bond donors (Lipinski definition) is 1. The van der Waals surface area contributed by atoms with E-state index >= 15 is 0 Å². The molecule has 2 N–H and O–H groups in total. The lowest BCUT2D eigenvalue weighted by Gasteiger charge is -2.24. The summed E-state index contributed by atoms with van der Waals surface area (Å²) in [5, 5.41) is 4.13. The van der Waals surface area contributed by atoms with Crippen LogP contribution in [0.15, 0.2) is 4.52 Å². The second kappa shape index (κ2) is 4.03. The van der Waals surface area contributed by atoms with E-state index in [2.05, 4.69) is 17.1 Å². The molecule has 3 rings (SSSR count). The molecule has 1 aliphatic heterocycles. The van der Waals surface area contributed by atoms with Crippen molar-refractivity contribution < 1.29 is 9.26 Å². The standard InChI is InChI=1S/C13H21N3O2/c1-12(6-3-5-9(12)14)11-15-10(16-18-11)13(2)7-4-8-17-13/h9H,3-8,14H2,1-2H3. The summed E-state index contributed by atoms with van der Waals surface area (Å²) < 4.78 is 11.2. The Morgan fingerprint density at radius 3 is 2.72 bits per heavy atom. The summed E-state index contributed by atoms with van der Waals surface area (Å²) in [6.45, 7) is 4.93. The second-order valence-electron chi connectivity index (χ2n) is 6.02. The first kappa shape index (κ1) is 12.1. The first-order valence-corrected chi connectivity index (χ1v) is 6.79. The minimum absolute atomic E-state index is 0.114. The van der Waals surface area contributed by atoms with Crippen LogP contribution in [0.1, 0.15) is 57.7 Å². The van der Waals surface area contributed by atoms with Gasteiger partial charge in [-0.1, -0.05) is 11.6 Å². The smallest absolute Gasteiger partial charge is 0.234 e. The predicted molar refractivity (Wildman–Crippen MR) is 66.0 cm³/mol. The van der Waals surface area contributed by atoms with Gasteiger partial charge >= 0.3 is 0 Å². The maximum absolute atomic E-state index is 6.18. The summed E-state index contributed by atoms with van der Waals surface area (Å²) >= 11 is 0. The molecule has 0 radical (unpaired) electrons. The summed E-state index contributed by atoms with van der Waals surface area (Å²) in [5.74, 6) is 1.36. The zero-order valence-corrected chi connectivity index (χ0v) is 11.1. The van der Waals surface area contributed by atoms with Crippen LogP contribution in [0.5, 0.6) is 0 Å². The van der Waals surface area contributed by atoms with Crippen LogP contribution in [0.4, 0.5) is 0 Å². The van der Waals surface area contributed by atoms with E-state index in [9.17, 15) is 0 Å². The minimum atomic E-state index is -0.374. The van der Waals surface area contributed by atoms with E-state index in [4.69, 9.17) is 15.0 Å². The highest BCUT2D eigenvalue weighted by molar-refractivity contribution is 5.13. The summed E-state index contributed by atoms with van der Waals surface area (Å²) in [6.07, 6.45) is 5.18. The van der Waals surface area contributed by atoms with E-state index in [1.807, 2.05) is 6.92 Å². The number of aromatic nitrogens is 2. The molecule has 100 valence electrons. The van der Waals surface area contributed by atoms with Gasteiger partial charge in [-0.15, -0.1) is 0 Å². The van der Waals surface area contributed by atoms with Crippen LogP contribution in [-0.2, 0) is 15.8 Å². The third kappa shape index (κ3) is 1.68. The largest absolute Gasteiger partial charge is 0.367 e. The van der Waals surface area contributed by atoms with E-state index in [1.165, 1.54) is 0 Å². The van der Waals surface area contributed by atoms with Crippen molar-refractivity contribution in [3.63, 3.8) is 0 Å². The van der Waals surface area contributed by atoms with Gasteiger partial charge in [-0.2, -0.15) is 4.98 Å². The normalized spacial score (nSPS) is 40.5. The van der Waals surface area contributed by atoms with Crippen LogP contribution in [0.2, 0.25) is 0 Å². The molecular formula is C13H21N3O2. The Bertz CT molecular complexity index is 439. The summed E-state index contributed by atoms with van der Waals surface area (Å²) in [7, 11) is 0. The van der Waals surface area contributed by atoms with Gasteiger partial charge in [-0.25, -0.2) is 0 Å². The molecule has 1 aliphatic carbocycles. The van der Waals surface area contributed by atoms with Crippen LogP contribution < -0.4 is 5.73 Å². The Morgan fingerprint density at radius 1 is 1.28 bits per heavy atom. The van der Waals surface area contributed by atoms with Crippen molar-refractivity contribution in [1.82, 2.24) is 10.1 Å². The van der Waals surface area contributed by atoms with Crippen LogP contribution in [0.3, 0.4) is 0 Å². The van der Waals surface area contributed by atoms with E-state index < -0.39 is 0 Å². The molecule has 0 bridgehead atoms. The van der Waals surface area contributed by atoms with Crippen molar-refractivity contribution in [3.8, 4) is 0 Å². The van der Waals surface area contributed by atoms with Crippen molar-refractivity contribution in [2.24, 2.45) is 5.73 Å². The van der Waals surface area contributed by atoms with Crippen molar-refractivity contribution in [2.75, 3.05) is 6.61 Å². The maximum Gasteiger partial charge on any atom is 0.234 e. The maximum atomic E-state index is 6.18. The van der Waals surface area contributed by atoms with Gasteiger partial charge < -0.3 is 15.0 Å². The molecule has 18 heavy (non-hydrogen) atoms. The molecular weight excluding hydrogens is 230 g/mol. The topological polar surface area (TPSA) is 74.2 Å². The van der Waals surface area contributed by atoms with E-state index in [1.54, 1.807) is 0 Å². The highest BCUT2D eigenvalue weighted by Crippen LogP contribution is 2.40. The highest BCUT2D eigenvalue weighted by Gasteiger charge is 2.44. The van der Waals surface area contributed by atoms with Crippen molar-refractivity contribution >= 4 is 0 Å². The van der Waals surface area contributed by atoms with E-state index in [-0.39, 0.29) is 17.1 Å². The Morgan fingerprint density at radius 2 is 2.11 bits per heavy atom. The lowest BCUT2D eigenvalue weighted by atomic mass is 9.85. The van der Waals surface area contributed by atoms with Gasteiger partial charge in [0.15, 0.2) is 0 Å². The van der Waals surface area contributed by atoms with Gasteiger partial charge in [0, 0.05) is 12.6 Å². The predicted octanol–water partition coefficient (Wildman–Crippen LogP) is 1.86. The number of nitrogens with zero attached hydrogens (tertiary/aromatic N) is 2. The Balaban J connectivity index is 1.90. The first-order valence-electron chi connectivity index (χ1n) is 6.79. The molecule has 1 saturated heterocycles. The van der Waals surface area contributed by atoms with Gasteiger partial charge in [0.25, 0.3) is 0 Å². The first-order chi connectivity index (χ1) is 8.55. The minimum Gasteiger partial charge on any atom is -0.367 e. The molecule has 2 aliphatic rings. The van der Waals surface area contributed by atoms with Gasteiger partial charge in [0.1, 0.15) is 5.60 Å². The molecule has 3 unspecified atom stereocenters. The van der Waals surface area contributed by atoms with E-state index in [0.717, 1.165) is 38.7 Å². The molecule has 0 amide bonds. The third-order valence-corrected chi connectivity index (χ3v) is 4.64. The second-order valence-corrected chi connectivity index (χ2v) is 6.02. The number of hydrogen-bond acceptors (Lipinski definition) is 5. The molecule has 1 aromatic heterocycles. The lowest BCUT2D eigenvalue weighted by Crippen LogP contribution is -2.38. The zero-order chi connectivity index (χ0) is 12.8.